The molecule has 38 heavy (non-hydrogen) atoms. The second kappa shape index (κ2) is 8.81. The van der Waals surface area contributed by atoms with Gasteiger partial charge in [-0.2, -0.15) is 0 Å². The number of nitrogens with zero attached hydrogens (tertiary/aromatic N) is 2. The predicted molar refractivity (Wildman–Crippen MR) is 147 cm³/mol. The number of H-pyrrole nitrogens is 1. The number of fused-ring (bicyclic) bond motifs is 9. The van der Waals surface area contributed by atoms with Crippen LogP contribution in [0.1, 0.15) is 36.6 Å². The molecule has 0 spiro atoms. The van der Waals surface area contributed by atoms with Gasteiger partial charge in [-0.3, -0.25) is 19.3 Å². The van der Waals surface area contributed by atoms with E-state index in [1.165, 1.54) is 46.2 Å². The van der Waals surface area contributed by atoms with Gasteiger partial charge in [-0.05, 0) is 80.0 Å². The second-order valence-electron chi connectivity index (χ2n) is 10.7. The van der Waals surface area contributed by atoms with Crippen molar-refractivity contribution in [3.8, 4) is 0 Å². The molecule has 3 fully saturated rings. The Morgan fingerprint density at radius 2 is 1.61 bits per heavy atom. The predicted octanol–water partition coefficient (Wildman–Crippen LogP) is 5.10. The van der Waals surface area contributed by atoms with Crippen molar-refractivity contribution < 1.29 is 14.0 Å². The maximum Gasteiger partial charge on any atom is 0.305 e. The summed E-state index contributed by atoms with van der Waals surface area (Å²) < 4.78 is 13.6. The smallest absolute Gasteiger partial charge is 0.305 e. The highest BCUT2D eigenvalue weighted by Gasteiger charge is 2.69. The van der Waals surface area contributed by atoms with Crippen LogP contribution in [0.25, 0.3) is 0 Å². The first-order valence-corrected chi connectivity index (χ1v) is 15.0. The average Bonchev–Trinajstić information content (AvgIpc) is 3.65. The van der Waals surface area contributed by atoms with Crippen LogP contribution in [0, 0.1) is 35.4 Å². The molecule has 0 radical (unpaired) electrons. The molecule has 9 heteroatoms. The molecular formula is C29H28FN3O3S2. The first kappa shape index (κ1) is 24.2. The summed E-state index contributed by atoms with van der Waals surface area (Å²) in [6.07, 6.45) is 0.847. The van der Waals surface area contributed by atoms with Gasteiger partial charge in [-0.25, -0.2) is 4.39 Å². The number of amides is 2. The molecule has 1 aromatic heterocycles. The Bertz CT molecular complexity index is 1480. The normalized spacial score (nSPS) is 30.9. The van der Waals surface area contributed by atoms with Crippen LogP contribution in [-0.2, 0) is 9.59 Å². The molecule has 2 bridgehead atoms. The standard InChI is InChI=1S/C29H28FN3O3S2/c1-3-32(4-2)16-9-5-14(6-10-16)20-21-18-13-19(24(21)37-26-25(20)38-29(36)31-26)23-22(18)27(34)33(28(23)35)17-11-7-15(30)8-12-17/h5-12,18-24H,3-4,13H2,1-2H3,(H,31,36)/t18-,19+,20-,21+,22+,23-,24-/m1/s1. The van der Waals surface area contributed by atoms with Gasteiger partial charge in [0.1, 0.15) is 5.82 Å². The van der Waals surface area contributed by atoms with E-state index in [0.717, 1.165) is 35.0 Å². The lowest BCUT2D eigenvalue weighted by atomic mass is 9.68. The van der Waals surface area contributed by atoms with Crippen LogP contribution >= 0.6 is 23.1 Å². The number of carbonyl (C=O) groups is 2. The van der Waals surface area contributed by atoms with Crippen LogP contribution in [0.4, 0.5) is 15.8 Å². The summed E-state index contributed by atoms with van der Waals surface area (Å²) in [7, 11) is 0. The van der Waals surface area contributed by atoms with Gasteiger partial charge >= 0.3 is 4.87 Å². The van der Waals surface area contributed by atoms with E-state index in [1.54, 1.807) is 11.8 Å². The molecule has 0 unspecified atom stereocenters. The van der Waals surface area contributed by atoms with Crippen LogP contribution in [0.15, 0.2) is 58.4 Å². The summed E-state index contributed by atoms with van der Waals surface area (Å²) in [6, 6.07) is 14.3. The minimum atomic E-state index is -0.398. The number of thioether (sulfide) groups is 1. The summed E-state index contributed by atoms with van der Waals surface area (Å²) in [5.74, 6) is -1.16. The highest BCUT2D eigenvalue weighted by Crippen LogP contribution is 2.68. The molecule has 1 saturated heterocycles. The first-order valence-electron chi connectivity index (χ1n) is 13.3. The van der Waals surface area contributed by atoms with Gasteiger partial charge in [0.2, 0.25) is 11.8 Å². The van der Waals surface area contributed by atoms with Gasteiger partial charge in [0.05, 0.1) is 22.5 Å². The number of thiazole rings is 1. The Kier molecular flexibility index (Phi) is 5.60. The summed E-state index contributed by atoms with van der Waals surface area (Å²) >= 11 is 2.97. The third kappa shape index (κ3) is 3.33. The SMILES string of the molecule is CCN(CC)c1ccc([C@H]2c3sc(=O)[nH]c3S[C@@H]3[C@H]4C[C@@H]([C@@H]5C(=O)N(c6ccc(F)cc6)C(=O)[C@H]45)[C@@H]23)cc1. The lowest BCUT2D eigenvalue weighted by molar-refractivity contribution is -0.123. The zero-order chi connectivity index (χ0) is 26.3. The van der Waals surface area contributed by atoms with E-state index in [9.17, 15) is 18.8 Å². The monoisotopic (exact) mass is 549 g/mol. The largest absolute Gasteiger partial charge is 0.372 e. The summed E-state index contributed by atoms with van der Waals surface area (Å²) in [5.41, 5.74) is 2.77. The minimum absolute atomic E-state index is 0.00433. The topological polar surface area (TPSA) is 73.5 Å². The molecule has 3 aromatic rings. The highest BCUT2D eigenvalue weighted by atomic mass is 32.2. The van der Waals surface area contributed by atoms with Gasteiger partial charge in [0, 0.05) is 34.8 Å². The molecule has 2 amide bonds. The van der Waals surface area contributed by atoms with Crippen molar-refractivity contribution in [2.75, 3.05) is 22.9 Å². The Labute approximate surface area is 228 Å². The van der Waals surface area contributed by atoms with Crippen molar-refractivity contribution in [2.45, 2.75) is 36.5 Å². The molecule has 2 aliphatic carbocycles. The lowest BCUT2D eigenvalue weighted by Crippen LogP contribution is -2.42. The average molecular weight is 550 g/mol. The van der Waals surface area contributed by atoms with E-state index in [4.69, 9.17) is 0 Å². The van der Waals surface area contributed by atoms with E-state index in [0.29, 0.717) is 5.69 Å². The Morgan fingerprint density at radius 1 is 0.947 bits per heavy atom. The van der Waals surface area contributed by atoms with Gasteiger partial charge in [0.25, 0.3) is 0 Å². The zero-order valence-corrected chi connectivity index (χ0v) is 22.7. The molecule has 7 rings (SSSR count). The summed E-state index contributed by atoms with van der Waals surface area (Å²) in [6.45, 7) is 6.14. The van der Waals surface area contributed by atoms with Crippen molar-refractivity contribution in [3.63, 3.8) is 0 Å². The quantitative estimate of drug-likeness (QED) is 0.449. The number of hydrogen-bond acceptors (Lipinski definition) is 6. The Hall–Kier alpha value is -2.91. The second-order valence-corrected chi connectivity index (χ2v) is 12.9. The number of halogens is 1. The number of aromatic amines is 1. The molecule has 2 saturated carbocycles. The van der Waals surface area contributed by atoms with Crippen molar-refractivity contribution in [3.05, 3.63) is 74.5 Å². The highest BCUT2D eigenvalue weighted by molar-refractivity contribution is 8.00. The number of benzene rings is 2. The fourth-order valence-corrected chi connectivity index (χ4v) is 10.6. The van der Waals surface area contributed by atoms with Crippen LogP contribution < -0.4 is 14.7 Å². The number of nitrogens with one attached hydrogen (secondary N) is 1. The first-order chi connectivity index (χ1) is 18.4. The van der Waals surface area contributed by atoms with E-state index in [2.05, 4.69) is 48.0 Å². The molecule has 6 nitrogen and oxygen atoms in total. The van der Waals surface area contributed by atoms with Gasteiger partial charge in [-0.15, -0.1) is 11.8 Å². The number of aromatic nitrogens is 1. The van der Waals surface area contributed by atoms with Crippen LogP contribution in [0.2, 0.25) is 0 Å². The van der Waals surface area contributed by atoms with Crippen LogP contribution in [0.5, 0.6) is 0 Å². The van der Waals surface area contributed by atoms with Crippen molar-refractivity contribution >= 4 is 46.3 Å². The zero-order valence-electron chi connectivity index (χ0n) is 21.1. The third-order valence-electron chi connectivity index (χ3n) is 9.19. The lowest BCUT2D eigenvalue weighted by Gasteiger charge is -2.43. The molecule has 2 aliphatic heterocycles. The van der Waals surface area contributed by atoms with Crippen LogP contribution in [-0.4, -0.2) is 35.1 Å². The summed E-state index contributed by atoms with van der Waals surface area (Å²) in [4.78, 5) is 47.5. The van der Waals surface area contributed by atoms with E-state index < -0.39 is 5.82 Å². The Balaban J connectivity index is 1.28. The number of carbonyl (C=O) groups excluding carboxylic acids is 2. The van der Waals surface area contributed by atoms with Gasteiger partial charge in [0.15, 0.2) is 0 Å². The summed E-state index contributed by atoms with van der Waals surface area (Å²) in [5, 5.41) is 1.06. The molecule has 1 N–H and O–H groups in total. The van der Waals surface area contributed by atoms with E-state index >= 15 is 0 Å². The van der Waals surface area contributed by atoms with Crippen LogP contribution in [0.3, 0.4) is 0 Å². The minimum Gasteiger partial charge on any atom is -0.372 e. The maximum absolute atomic E-state index is 13.8. The fourth-order valence-electron chi connectivity index (χ4n) is 7.72. The molecular weight excluding hydrogens is 521 g/mol. The van der Waals surface area contributed by atoms with Crippen molar-refractivity contribution in [1.82, 2.24) is 4.98 Å². The maximum atomic E-state index is 13.8. The molecule has 3 heterocycles. The van der Waals surface area contributed by atoms with Gasteiger partial charge in [-0.1, -0.05) is 23.5 Å². The molecule has 196 valence electrons. The molecule has 2 aromatic carbocycles. The number of imide groups is 1. The van der Waals surface area contributed by atoms with E-state index in [-0.39, 0.29) is 57.4 Å². The number of anilines is 2. The van der Waals surface area contributed by atoms with Crippen molar-refractivity contribution in [2.24, 2.45) is 29.6 Å². The molecule has 7 atom stereocenters. The van der Waals surface area contributed by atoms with E-state index in [1.807, 2.05) is 0 Å². The Morgan fingerprint density at radius 3 is 2.26 bits per heavy atom. The number of hydrogen-bond donors (Lipinski definition) is 1. The molecule has 4 aliphatic rings. The third-order valence-corrected chi connectivity index (χ3v) is 11.8. The van der Waals surface area contributed by atoms with Crippen molar-refractivity contribution in [1.29, 1.82) is 0 Å². The number of rotatable bonds is 5. The fraction of sp³-hybridized carbons (Fsp3) is 0.414. The van der Waals surface area contributed by atoms with Gasteiger partial charge < -0.3 is 9.88 Å².